The van der Waals surface area contributed by atoms with E-state index in [1.807, 2.05) is 6.08 Å². The Bertz CT molecular complexity index is 287. The van der Waals surface area contributed by atoms with Crippen LogP contribution in [0.1, 0.15) is 25.7 Å². The van der Waals surface area contributed by atoms with Crippen LogP contribution >= 0.6 is 0 Å². The minimum absolute atomic E-state index is 0.0868. The zero-order valence-electron chi connectivity index (χ0n) is 6.41. The third-order valence-electron chi connectivity index (χ3n) is 2.61. The van der Waals surface area contributed by atoms with Crippen LogP contribution in [0.25, 0.3) is 0 Å². The molecular weight excluding hydrogens is 160 g/mol. The summed E-state index contributed by atoms with van der Waals surface area (Å²) in [7, 11) is -2.74. The zero-order chi connectivity index (χ0) is 7.90. The lowest BCUT2D eigenvalue weighted by Gasteiger charge is -2.19. The monoisotopic (exact) mass is 172 g/mol. The van der Waals surface area contributed by atoms with Gasteiger partial charge in [-0.2, -0.15) is 0 Å². The van der Waals surface area contributed by atoms with Gasteiger partial charge in [-0.15, -0.1) is 0 Å². The highest BCUT2D eigenvalue weighted by Gasteiger charge is 2.34. The van der Waals surface area contributed by atoms with E-state index in [-0.39, 0.29) is 5.25 Å². The molecule has 11 heavy (non-hydrogen) atoms. The van der Waals surface area contributed by atoms with Crippen molar-refractivity contribution in [2.24, 2.45) is 0 Å². The van der Waals surface area contributed by atoms with Gasteiger partial charge in [0.2, 0.25) is 0 Å². The van der Waals surface area contributed by atoms with Crippen molar-refractivity contribution in [2.75, 3.05) is 5.75 Å². The molecule has 0 saturated heterocycles. The fraction of sp³-hybridized carbons (Fsp3) is 0.750. The van der Waals surface area contributed by atoms with Gasteiger partial charge in [0, 0.05) is 0 Å². The molecule has 62 valence electrons. The van der Waals surface area contributed by atoms with Crippen LogP contribution in [0.5, 0.6) is 0 Å². The van der Waals surface area contributed by atoms with Crippen molar-refractivity contribution in [2.45, 2.75) is 30.9 Å². The van der Waals surface area contributed by atoms with E-state index in [4.69, 9.17) is 0 Å². The molecule has 1 atom stereocenters. The first-order valence-electron chi connectivity index (χ1n) is 4.11. The van der Waals surface area contributed by atoms with Crippen LogP contribution in [0, 0.1) is 0 Å². The molecule has 1 aliphatic heterocycles. The second kappa shape index (κ2) is 2.34. The molecule has 0 bridgehead atoms. The second-order valence-corrected chi connectivity index (χ2v) is 5.57. The molecule has 2 aliphatic rings. The van der Waals surface area contributed by atoms with E-state index in [0.717, 1.165) is 19.3 Å². The fourth-order valence-corrected chi connectivity index (χ4v) is 3.87. The summed E-state index contributed by atoms with van der Waals surface area (Å²) in [6.07, 6.45) is 6.07. The lowest BCUT2D eigenvalue weighted by Crippen LogP contribution is -2.22. The maximum absolute atomic E-state index is 11.3. The van der Waals surface area contributed by atoms with E-state index in [9.17, 15) is 8.42 Å². The Kier molecular flexibility index (Phi) is 1.56. The van der Waals surface area contributed by atoms with Crippen molar-refractivity contribution in [3.8, 4) is 0 Å². The highest BCUT2D eigenvalue weighted by Crippen LogP contribution is 2.33. The predicted molar refractivity (Wildman–Crippen MR) is 44.1 cm³/mol. The SMILES string of the molecule is O=S1(=O)CC=C2CCCC[C@@H]21. The van der Waals surface area contributed by atoms with Crippen LogP contribution in [-0.4, -0.2) is 19.4 Å². The summed E-state index contributed by atoms with van der Waals surface area (Å²) in [5.74, 6) is 0.299. The van der Waals surface area contributed by atoms with Gasteiger partial charge in [0.25, 0.3) is 0 Å². The van der Waals surface area contributed by atoms with Crippen molar-refractivity contribution in [1.29, 1.82) is 0 Å². The fourth-order valence-electron chi connectivity index (χ4n) is 1.99. The molecule has 2 nitrogen and oxygen atoms in total. The van der Waals surface area contributed by atoms with Crippen LogP contribution < -0.4 is 0 Å². The van der Waals surface area contributed by atoms with Gasteiger partial charge < -0.3 is 0 Å². The van der Waals surface area contributed by atoms with Crippen molar-refractivity contribution >= 4 is 9.84 Å². The van der Waals surface area contributed by atoms with Crippen LogP contribution in [0.4, 0.5) is 0 Å². The van der Waals surface area contributed by atoms with Crippen LogP contribution in [-0.2, 0) is 9.84 Å². The number of fused-ring (bicyclic) bond motifs is 1. The summed E-state index contributed by atoms with van der Waals surface area (Å²) in [6.45, 7) is 0. The van der Waals surface area contributed by atoms with Gasteiger partial charge in [-0.05, 0) is 19.3 Å². The first kappa shape index (κ1) is 7.35. The average Bonchev–Trinajstić information content (AvgIpc) is 2.29. The van der Waals surface area contributed by atoms with Gasteiger partial charge in [0.15, 0.2) is 9.84 Å². The standard InChI is InChI=1S/C8H12O2S/c9-11(10)6-5-7-3-1-2-4-8(7)11/h5,8H,1-4,6H2/t8-/m0/s1. The minimum atomic E-state index is -2.74. The normalized spacial score (nSPS) is 34.5. The zero-order valence-corrected chi connectivity index (χ0v) is 7.23. The van der Waals surface area contributed by atoms with Crippen LogP contribution in [0.15, 0.2) is 11.6 Å². The lowest BCUT2D eigenvalue weighted by molar-refractivity contribution is 0.557. The van der Waals surface area contributed by atoms with Gasteiger partial charge in [0.05, 0.1) is 11.0 Å². The first-order chi connectivity index (χ1) is 5.20. The van der Waals surface area contributed by atoms with Crippen LogP contribution in [0.2, 0.25) is 0 Å². The Hall–Kier alpha value is -0.310. The Morgan fingerprint density at radius 1 is 1.36 bits per heavy atom. The quantitative estimate of drug-likeness (QED) is 0.516. The Balaban J connectivity index is 2.32. The topological polar surface area (TPSA) is 34.1 Å². The lowest BCUT2D eigenvalue weighted by atomic mass is 9.95. The highest BCUT2D eigenvalue weighted by atomic mass is 32.2. The molecule has 0 aromatic rings. The van der Waals surface area contributed by atoms with Gasteiger partial charge >= 0.3 is 0 Å². The second-order valence-electron chi connectivity index (χ2n) is 3.34. The highest BCUT2D eigenvalue weighted by molar-refractivity contribution is 7.92. The van der Waals surface area contributed by atoms with Crippen molar-refractivity contribution < 1.29 is 8.42 Å². The summed E-state index contributed by atoms with van der Waals surface area (Å²) >= 11 is 0. The van der Waals surface area contributed by atoms with E-state index >= 15 is 0 Å². The van der Waals surface area contributed by atoms with E-state index in [1.165, 1.54) is 12.0 Å². The summed E-state index contributed by atoms with van der Waals surface area (Å²) < 4.78 is 22.7. The van der Waals surface area contributed by atoms with E-state index < -0.39 is 9.84 Å². The molecule has 3 heteroatoms. The van der Waals surface area contributed by atoms with Gasteiger partial charge in [-0.1, -0.05) is 18.1 Å². The minimum Gasteiger partial charge on any atom is -0.228 e. The van der Waals surface area contributed by atoms with Crippen molar-refractivity contribution in [3.63, 3.8) is 0 Å². The van der Waals surface area contributed by atoms with Crippen LogP contribution in [0.3, 0.4) is 0 Å². The number of hydrogen-bond acceptors (Lipinski definition) is 2. The molecule has 1 saturated carbocycles. The van der Waals surface area contributed by atoms with Gasteiger partial charge in [-0.3, -0.25) is 0 Å². The smallest absolute Gasteiger partial charge is 0.160 e. The molecule has 1 heterocycles. The maximum atomic E-state index is 11.3. The summed E-state index contributed by atoms with van der Waals surface area (Å²) in [6, 6.07) is 0. The van der Waals surface area contributed by atoms with E-state index in [2.05, 4.69) is 0 Å². The Labute approximate surface area is 67.2 Å². The predicted octanol–water partition coefficient (Wildman–Crippen LogP) is 1.28. The van der Waals surface area contributed by atoms with Gasteiger partial charge in [0.1, 0.15) is 0 Å². The molecule has 2 rings (SSSR count). The molecule has 0 amide bonds. The Morgan fingerprint density at radius 2 is 2.18 bits per heavy atom. The van der Waals surface area contributed by atoms with Gasteiger partial charge in [-0.25, -0.2) is 8.42 Å². The van der Waals surface area contributed by atoms with Crippen molar-refractivity contribution in [3.05, 3.63) is 11.6 Å². The molecule has 0 N–H and O–H groups in total. The maximum Gasteiger partial charge on any atom is 0.160 e. The molecule has 0 radical (unpaired) electrons. The third kappa shape index (κ3) is 1.11. The molecule has 1 aliphatic carbocycles. The van der Waals surface area contributed by atoms with Crippen molar-refractivity contribution in [1.82, 2.24) is 0 Å². The summed E-state index contributed by atoms with van der Waals surface area (Å²) in [5, 5.41) is -0.0868. The molecule has 0 aromatic carbocycles. The summed E-state index contributed by atoms with van der Waals surface area (Å²) in [4.78, 5) is 0. The van der Waals surface area contributed by atoms with E-state index in [1.54, 1.807) is 0 Å². The summed E-state index contributed by atoms with van der Waals surface area (Å²) in [5.41, 5.74) is 1.19. The number of hydrogen-bond donors (Lipinski definition) is 0. The number of sulfone groups is 1. The molecule has 0 spiro atoms. The third-order valence-corrected chi connectivity index (χ3v) is 4.64. The Morgan fingerprint density at radius 3 is 2.91 bits per heavy atom. The van der Waals surface area contributed by atoms with E-state index in [0.29, 0.717) is 5.75 Å². The molecule has 1 fully saturated rings. The molecule has 0 unspecified atom stereocenters. The number of rotatable bonds is 0. The first-order valence-corrected chi connectivity index (χ1v) is 5.82. The average molecular weight is 172 g/mol. The largest absolute Gasteiger partial charge is 0.228 e. The molecular formula is C8H12O2S. The molecule has 0 aromatic heterocycles.